The number of carboxylic acid groups (broad SMARTS) is 1. The van der Waals surface area contributed by atoms with Crippen molar-refractivity contribution < 1.29 is 29.0 Å². The third kappa shape index (κ3) is 10.8. The molecule has 36 heavy (non-hydrogen) atoms. The molecule has 2 atom stereocenters. The Morgan fingerprint density at radius 1 is 0.944 bits per heavy atom. The SMILES string of the molecule is C[C@H](C(=O)O)[C@@H](CCCCN(Cc1ccccc1)C(=O)OC(C)(C)C)NC(=O)OCc1ccccc1. The fourth-order valence-corrected chi connectivity index (χ4v) is 3.57. The molecule has 0 spiro atoms. The topological polar surface area (TPSA) is 105 Å². The van der Waals surface area contributed by atoms with Crippen LogP contribution in [0.2, 0.25) is 0 Å². The molecule has 2 aromatic carbocycles. The predicted octanol–water partition coefficient (Wildman–Crippen LogP) is 5.61. The van der Waals surface area contributed by atoms with Gasteiger partial charge in [-0.05, 0) is 58.1 Å². The summed E-state index contributed by atoms with van der Waals surface area (Å²) in [6.07, 6.45) is 0.604. The Morgan fingerprint density at radius 3 is 2.08 bits per heavy atom. The number of nitrogens with one attached hydrogen (secondary N) is 1. The summed E-state index contributed by atoms with van der Waals surface area (Å²) in [7, 11) is 0. The van der Waals surface area contributed by atoms with Crippen LogP contribution >= 0.6 is 0 Å². The van der Waals surface area contributed by atoms with Gasteiger partial charge in [0.2, 0.25) is 0 Å². The molecule has 0 aromatic heterocycles. The van der Waals surface area contributed by atoms with Crippen LogP contribution in [-0.2, 0) is 27.4 Å². The Bertz CT molecular complexity index is 959. The molecule has 0 radical (unpaired) electrons. The van der Waals surface area contributed by atoms with Crippen molar-refractivity contribution >= 4 is 18.2 Å². The number of carboxylic acids is 1. The van der Waals surface area contributed by atoms with Gasteiger partial charge in [0.1, 0.15) is 12.2 Å². The first-order valence-corrected chi connectivity index (χ1v) is 12.3. The van der Waals surface area contributed by atoms with Gasteiger partial charge < -0.3 is 24.8 Å². The van der Waals surface area contributed by atoms with Gasteiger partial charge in [0.25, 0.3) is 0 Å². The first-order chi connectivity index (χ1) is 17.0. The number of amides is 2. The molecular weight excluding hydrogens is 460 g/mol. The number of rotatable bonds is 12. The molecule has 0 aliphatic heterocycles. The molecule has 2 amide bonds. The van der Waals surface area contributed by atoms with Gasteiger partial charge >= 0.3 is 18.2 Å². The highest BCUT2D eigenvalue weighted by Crippen LogP contribution is 2.16. The van der Waals surface area contributed by atoms with E-state index in [1.54, 1.807) is 11.8 Å². The highest BCUT2D eigenvalue weighted by atomic mass is 16.6. The first kappa shape index (κ1) is 28.7. The number of hydrogen-bond acceptors (Lipinski definition) is 5. The summed E-state index contributed by atoms with van der Waals surface area (Å²) in [4.78, 5) is 38.4. The summed E-state index contributed by atoms with van der Waals surface area (Å²) in [5.41, 5.74) is 1.22. The van der Waals surface area contributed by atoms with Gasteiger partial charge in [-0.15, -0.1) is 0 Å². The number of nitrogens with zero attached hydrogens (tertiary/aromatic N) is 1. The Labute approximate surface area is 213 Å². The summed E-state index contributed by atoms with van der Waals surface area (Å²) in [5, 5.41) is 12.2. The van der Waals surface area contributed by atoms with Gasteiger partial charge in [0.15, 0.2) is 0 Å². The Hall–Kier alpha value is -3.55. The Kier molecular flexibility index (Phi) is 11.2. The minimum Gasteiger partial charge on any atom is -0.481 e. The normalized spacial score (nSPS) is 12.8. The van der Waals surface area contributed by atoms with Crippen LogP contribution in [0.5, 0.6) is 0 Å². The molecule has 0 aliphatic rings. The third-order valence-electron chi connectivity index (χ3n) is 5.57. The zero-order valence-electron chi connectivity index (χ0n) is 21.6. The van der Waals surface area contributed by atoms with E-state index in [4.69, 9.17) is 9.47 Å². The molecule has 196 valence electrons. The average molecular weight is 499 g/mol. The van der Waals surface area contributed by atoms with Crippen LogP contribution < -0.4 is 5.32 Å². The van der Waals surface area contributed by atoms with Crippen molar-refractivity contribution in [3.05, 3.63) is 71.8 Å². The molecule has 0 saturated heterocycles. The summed E-state index contributed by atoms with van der Waals surface area (Å²) in [5.74, 6) is -1.79. The number of ether oxygens (including phenoxy) is 2. The van der Waals surface area contributed by atoms with E-state index < -0.39 is 35.7 Å². The lowest BCUT2D eigenvalue weighted by molar-refractivity contribution is -0.142. The first-order valence-electron chi connectivity index (χ1n) is 12.3. The van der Waals surface area contributed by atoms with E-state index in [1.165, 1.54) is 0 Å². The zero-order chi connectivity index (χ0) is 26.6. The van der Waals surface area contributed by atoms with Gasteiger partial charge in [0, 0.05) is 19.1 Å². The molecule has 2 rings (SSSR count). The standard InChI is InChI=1S/C28H38N2O6/c1-21(25(31)32)24(29-26(33)35-20-23-15-9-6-10-16-23)17-11-12-18-30(27(34)36-28(2,3)4)19-22-13-7-5-8-14-22/h5-10,13-16,21,24H,11-12,17-20H2,1-4H3,(H,29,33)(H,31,32)/t21-,24+/m0/s1. The Morgan fingerprint density at radius 2 is 1.53 bits per heavy atom. The largest absolute Gasteiger partial charge is 0.481 e. The molecule has 8 heteroatoms. The number of benzene rings is 2. The van der Waals surface area contributed by atoms with Gasteiger partial charge in [-0.2, -0.15) is 0 Å². The fourth-order valence-electron chi connectivity index (χ4n) is 3.57. The van der Waals surface area contributed by atoms with Crippen molar-refractivity contribution in [1.29, 1.82) is 0 Å². The minimum absolute atomic E-state index is 0.102. The second-order valence-electron chi connectivity index (χ2n) is 9.82. The van der Waals surface area contributed by atoms with Crippen LogP contribution in [0.1, 0.15) is 58.1 Å². The highest BCUT2D eigenvalue weighted by molar-refractivity contribution is 5.73. The maximum Gasteiger partial charge on any atom is 0.410 e. The van der Waals surface area contributed by atoms with Crippen LogP contribution in [0.25, 0.3) is 0 Å². The predicted molar refractivity (Wildman–Crippen MR) is 137 cm³/mol. The van der Waals surface area contributed by atoms with Gasteiger partial charge in [-0.25, -0.2) is 9.59 Å². The highest BCUT2D eigenvalue weighted by Gasteiger charge is 2.26. The van der Waals surface area contributed by atoms with Gasteiger partial charge in [0.05, 0.1) is 5.92 Å². The van der Waals surface area contributed by atoms with E-state index in [0.717, 1.165) is 11.1 Å². The van der Waals surface area contributed by atoms with Crippen molar-refractivity contribution in [3.63, 3.8) is 0 Å². The maximum atomic E-state index is 12.8. The molecule has 8 nitrogen and oxygen atoms in total. The third-order valence-corrected chi connectivity index (χ3v) is 5.57. The summed E-state index contributed by atoms with van der Waals surface area (Å²) in [6, 6.07) is 18.3. The van der Waals surface area contributed by atoms with Gasteiger partial charge in [-0.1, -0.05) is 60.7 Å². The lowest BCUT2D eigenvalue weighted by Crippen LogP contribution is -2.42. The number of aliphatic carboxylic acids is 1. The van der Waals surface area contributed by atoms with Crippen LogP contribution in [0.4, 0.5) is 9.59 Å². The number of carbonyl (C=O) groups is 3. The van der Waals surface area contributed by atoms with Crippen molar-refractivity contribution in [3.8, 4) is 0 Å². The lowest BCUT2D eigenvalue weighted by atomic mass is 9.96. The smallest absolute Gasteiger partial charge is 0.410 e. The fraction of sp³-hybridized carbons (Fsp3) is 0.464. The minimum atomic E-state index is -0.997. The average Bonchev–Trinajstić information content (AvgIpc) is 2.83. The molecule has 0 heterocycles. The number of carbonyl (C=O) groups excluding carboxylic acids is 2. The molecule has 0 unspecified atom stereocenters. The second-order valence-corrected chi connectivity index (χ2v) is 9.82. The molecule has 2 aromatic rings. The van der Waals surface area contributed by atoms with Crippen LogP contribution in [-0.4, -0.2) is 46.3 Å². The number of unbranched alkanes of at least 4 members (excludes halogenated alkanes) is 1. The van der Waals surface area contributed by atoms with E-state index in [1.807, 2.05) is 81.4 Å². The van der Waals surface area contributed by atoms with Gasteiger partial charge in [-0.3, -0.25) is 4.79 Å². The Balaban J connectivity index is 1.92. The number of alkyl carbamates (subject to hydrolysis) is 1. The second kappa shape index (κ2) is 14.1. The van der Waals surface area contributed by atoms with E-state index in [-0.39, 0.29) is 6.61 Å². The van der Waals surface area contributed by atoms with E-state index in [0.29, 0.717) is 32.4 Å². The van der Waals surface area contributed by atoms with Crippen molar-refractivity contribution in [2.24, 2.45) is 5.92 Å². The maximum absolute atomic E-state index is 12.8. The lowest BCUT2D eigenvalue weighted by Gasteiger charge is -2.28. The van der Waals surface area contributed by atoms with Crippen LogP contribution in [0, 0.1) is 5.92 Å². The molecule has 0 fully saturated rings. The summed E-state index contributed by atoms with van der Waals surface area (Å²) in [6.45, 7) is 7.99. The molecular formula is C28H38N2O6. The van der Waals surface area contributed by atoms with E-state index in [2.05, 4.69) is 5.32 Å². The van der Waals surface area contributed by atoms with E-state index in [9.17, 15) is 19.5 Å². The zero-order valence-corrected chi connectivity index (χ0v) is 21.6. The summed E-state index contributed by atoms with van der Waals surface area (Å²) < 4.78 is 10.8. The summed E-state index contributed by atoms with van der Waals surface area (Å²) >= 11 is 0. The molecule has 0 saturated carbocycles. The quantitative estimate of drug-likeness (QED) is 0.369. The number of hydrogen-bond donors (Lipinski definition) is 2. The monoisotopic (exact) mass is 498 g/mol. The molecule has 0 bridgehead atoms. The molecule has 0 aliphatic carbocycles. The molecule has 2 N–H and O–H groups in total. The van der Waals surface area contributed by atoms with Crippen LogP contribution in [0.3, 0.4) is 0 Å². The van der Waals surface area contributed by atoms with Crippen molar-refractivity contribution in [2.75, 3.05) is 6.54 Å². The van der Waals surface area contributed by atoms with Crippen molar-refractivity contribution in [2.45, 2.75) is 71.8 Å². The van der Waals surface area contributed by atoms with Crippen molar-refractivity contribution in [1.82, 2.24) is 10.2 Å². The van der Waals surface area contributed by atoms with E-state index >= 15 is 0 Å². The van der Waals surface area contributed by atoms with Crippen LogP contribution in [0.15, 0.2) is 60.7 Å².